The minimum atomic E-state index is -0.577. The molecule has 23 heavy (non-hydrogen) atoms. The highest BCUT2D eigenvalue weighted by Gasteiger charge is 2.18. The first-order valence-corrected chi connectivity index (χ1v) is 6.68. The molecule has 0 unspecified atom stereocenters. The van der Waals surface area contributed by atoms with E-state index in [0.717, 1.165) is 0 Å². The maximum atomic E-state index is 12.3. The predicted octanol–water partition coefficient (Wildman–Crippen LogP) is 3.63. The second kappa shape index (κ2) is 6.05. The number of carbonyl (C=O) groups is 1. The molecule has 0 saturated carbocycles. The van der Waals surface area contributed by atoms with E-state index in [1.165, 1.54) is 12.1 Å². The lowest BCUT2D eigenvalue weighted by molar-refractivity contribution is -0.563. The van der Waals surface area contributed by atoms with Crippen LogP contribution in [0.15, 0.2) is 65.8 Å². The van der Waals surface area contributed by atoms with E-state index >= 15 is 0 Å². The van der Waals surface area contributed by atoms with Gasteiger partial charge in [-0.2, -0.15) is 0 Å². The van der Waals surface area contributed by atoms with Gasteiger partial charge in [-0.1, -0.05) is 30.3 Å². The molecule has 7 nitrogen and oxygen atoms in total. The van der Waals surface area contributed by atoms with Gasteiger partial charge in [0.05, 0.1) is 5.56 Å². The third-order valence-corrected chi connectivity index (χ3v) is 3.21. The van der Waals surface area contributed by atoms with E-state index < -0.39 is 5.97 Å². The molecule has 0 N–H and O–H groups in total. The van der Waals surface area contributed by atoms with Crippen molar-refractivity contribution in [2.45, 2.75) is 0 Å². The Morgan fingerprint density at radius 1 is 1.09 bits per heavy atom. The second-order valence-electron chi connectivity index (χ2n) is 4.62. The number of benzene rings is 2. The van der Waals surface area contributed by atoms with Gasteiger partial charge in [0.1, 0.15) is 0 Å². The molecule has 0 atom stereocenters. The van der Waals surface area contributed by atoms with E-state index in [-0.39, 0.29) is 17.1 Å². The third kappa shape index (κ3) is 2.76. The quantitative estimate of drug-likeness (QED) is 0.140. The molecule has 1 aromatic heterocycles. The first-order chi connectivity index (χ1) is 11.2. The predicted molar refractivity (Wildman–Crippen MR) is 83.1 cm³/mol. The van der Waals surface area contributed by atoms with E-state index in [2.05, 4.69) is 10.0 Å². The van der Waals surface area contributed by atoms with Crippen LogP contribution < -0.4 is 9.47 Å². The molecular weight excluding hydrogens is 296 g/mol. The molecule has 0 aliphatic carbocycles. The highest BCUT2D eigenvalue weighted by molar-refractivity contribution is 5.93. The number of hydrogen-bond donors (Lipinski definition) is 0. The van der Waals surface area contributed by atoms with Crippen LogP contribution in [-0.2, 0) is 0 Å². The zero-order valence-corrected chi connectivity index (χ0v) is 11.8. The van der Waals surface area contributed by atoms with Crippen molar-refractivity contribution in [1.29, 1.82) is 0 Å². The van der Waals surface area contributed by atoms with Crippen molar-refractivity contribution in [1.82, 2.24) is 0 Å². The minimum Gasteiger partial charge on any atom is -0.710 e. The summed E-state index contributed by atoms with van der Waals surface area (Å²) in [6.45, 7) is 0. The van der Waals surface area contributed by atoms with Gasteiger partial charge in [-0.15, -0.1) is 0 Å². The topological polar surface area (TPSA) is 102 Å². The van der Waals surface area contributed by atoms with Crippen LogP contribution in [0.4, 0.5) is 5.82 Å². The highest BCUT2D eigenvalue weighted by atomic mass is 16.5. The Morgan fingerprint density at radius 2 is 1.87 bits per heavy atom. The first kappa shape index (κ1) is 14.4. The maximum Gasteiger partial charge on any atom is 0.420 e. The third-order valence-electron chi connectivity index (χ3n) is 3.21. The second-order valence-corrected chi connectivity index (χ2v) is 4.62. The summed E-state index contributed by atoms with van der Waals surface area (Å²) in [5.74, 6) is -0.600. The van der Waals surface area contributed by atoms with Crippen molar-refractivity contribution in [2.75, 3.05) is 0 Å². The molecule has 7 heteroatoms. The number of hydrogen-bond acceptors (Lipinski definition) is 4. The molecule has 0 aliphatic rings. The summed E-state index contributed by atoms with van der Waals surface area (Å²) in [4.78, 5) is 14.8. The Kier molecular flexibility index (Phi) is 3.78. The molecule has 0 bridgehead atoms. The molecule has 0 spiro atoms. The molecule has 0 saturated heterocycles. The van der Waals surface area contributed by atoms with E-state index in [4.69, 9.17) is 10.3 Å². The number of ether oxygens (including phenoxy) is 1. The largest absolute Gasteiger partial charge is 0.710 e. The Balaban J connectivity index is 2.09. The van der Waals surface area contributed by atoms with Crippen LogP contribution in [0.25, 0.3) is 21.3 Å². The number of azide groups is 1. The van der Waals surface area contributed by atoms with Crippen LogP contribution in [0.2, 0.25) is 0 Å². The molecule has 0 amide bonds. The first-order valence-electron chi connectivity index (χ1n) is 6.68. The van der Waals surface area contributed by atoms with Gasteiger partial charge in [-0.25, -0.2) is 9.52 Å². The lowest BCUT2D eigenvalue weighted by Gasteiger charge is -2.11. The van der Waals surface area contributed by atoms with Gasteiger partial charge in [0, 0.05) is 17.0 Å². The smallest absolute Gasteiger partial charge is 0.420 e. The average Bonchev–Trinajstić information content (AvgIpc) is 2.58. The molecule has 3 aromatic rings. The molecule has 2 aromatic carbocycles. The fourth-order valence-electron chi connectivity index (χ4n) is 2.17. The molecule has 1 heterocycles. The van der Waals surface area contributed by atoms with Gasteiger partial charge < -0.3 is 9.94 Å². The van der Waals surface area contributed by atoms with Crippen molar-refractivity contribution in [3.63, 3.8) is 0 Å². The number of rotatable bonds is 3. The molecule has 112 valence electrons. The summed E-state index contributed by atoms with van der Waals surface area (Å²) in [7, 11) is 0. The van der Waals surface area contributed by atoms with E-state index in [1.807, 2.05) is 0 Å². The lowest BCUT2D eigenvalue weighted by atomic mass is 10.2. The van der Waals surface area contributed by atoms with E-state index in [1.54, 1.807) is 48.5 Å². The lowest BCUT2D eigenvalue weighted by Crippen LogP contribution is -2.28. The highest BCUT2D eigenvalue weighted by Crippen LogP contribution is 2.25. The number of fused-ring (bicyclic) bond motifs is 1. The Morgan fingerprint density at radius 3 is 2.61 bits per heavy atom. The number of para-hydroxylation sites is 1. The van der Waals surface area contributed by atoms with Gasteiger partial charge in [-0.3, -0.25) is 0 Å². The van der Waals surface area contributed by atoms with Crippen molar-refractivity contribution in [3.05, 3.63) is 81.9 Å². The van der Waals surface area contributed by atoms with Gasteiger partial charge in [0.25, 0.3) is 0 Å². The standard InChI is InChI=1S/C16H10N4O3/c17-19-18-14-10-9-11-7-4-8-13(15(11)20(14)22)23-16(21)12-5-2-1-3-6-12/h1-10H. The van der Waals surface area contributed by atoms with Crippen molar-refractivity contribution in [3.8, 4) is 5.75 Å². The zero-order valence-electron chi connectivity index (χ0n) is 11.8. The number of carbonyl (C=O) groups excluding carboxylic acids is 1. The SMILES string of the molecule is [N-]=[N+]=Nc1ccc2cccc(OC(=O)c3ccccc3)c2[n+]1[O-]. The maximum absolute atomic E-state index is 12.3. The van der Waals surface area contributed by atoms with Crippen LogP contribution in [0, 0.1) is 5.21 Å². The van der Waals surface area contributed by atoms with Gasteiger partial charge in [-0.05, 0) is 24.3 Å². The Labute approximate surface area is 130 Å². The summed E-state index contributed by atoms with van der Waals surface area (Å²) < 4.78 is 5.78. The normalized spacial score (nSPS) is 10.1. The van der Waals surface area contributed by atoms with Gasteiger partial charge in [0.2, 0.25) is 4.91 Å². The van der Waals surface area contributed by atoms with Crippen molar-refractivity contribution >= 4 is 22.7 Å². The Bertz CT molecular complexity index is 935. The zero-order chi connectivity index (χ0) is 16.2. The molecule has 0 aliphatic heterocycles. The number of aromatic nitrogens is 1. The summed E-state index contributed by atoms with van der Waals surface area (Å²) in [5, 5.41) is 16.2. The van der Waals surface area contributed by atoms with Gasteiger partial charge >= 0.3 is 16.9 Å². The summed E-state index contributed by atoms with van der Waals surface area (Å²) >= 11 is 0. The fraction of sp³-hybridized carbons (Fsp3) is 0. The number of nitrogens with zero attached hydrogens (tertiary/aromatic N) is 4. The van der Waals surface area contributed by atoms with Crippen LogP contribution in [-0.4, -0.2) is 5.97 Å². The average molecular weight is 306 g/mol. The number of pyridine rings is 1. The summed E-state index contributed by atoms with van der Waals surface area (Å²) in [6.07, 6.45) is 0. The monoisotopic (exact) mass is 306 g/mol. The summed E-state index contributed by atoms with van der Waals surface area (Å²) in [5.41, 5.74) is 9.00. The number of esters is 1. The van der Waals surface area contributed by atoms with Crippen LogP contribution in [0.3, 0.4) is 0 Å². The summed E-state index contributed by atoms with van der Waals surface area (Å²) in [6, 6.07) is 16.3. The molecule has 0 radical (unpaired) electrons. The van der Waals surface area contributed by atoms with E-state index in [0.29, 0.717) is 15.7 Å². The van der Waals surface area contributed by atoms with Gasteiger partial charge in [0.15, 0.2) is 11.3 Å². The molecular formula is C16H10N4O3. The van der Waals surface area contributed by atoms with E-state index in [9.17, 15) is 10.0 Å². The minimum absolute atomic E-state index is 0.0985. The fourth-order valence-corrected chi connectivity index (χ4v) is 2.17. The van der Waals surface area contributed by atoms with Crippen molar-refractivity contribution < 1.29 is 14.3 Å². The molecule has 3 rings (SSSR count). The molecule has 0 fully saturated rings. The van der Waals surface area contributed by atoms with Crippen LogP contribution >= 0.6 is 0 Å². The van der Waals surface area contributed by atoms with Crippen LogP contribution in [0.5, 0.6) is 5.75 Å². The van der Waals surface area contributed by atoms with Crippen molar-refractivity contribution in [2.24, 2.45) is 5.11 Å². The Hall–Kier alpha value is -3.57. The van der Waals surface area contributed by atoms with Crippen LogP contribution in [0.1, 0.15) is 10.4 Å².